The van der Waals surface area contributed by atoms with Gasteiger partial charge in [-0.1, -0.05) is 23.7 Å². The molecule has 1 aromatic carbocycles. The van der Waals surface area contributed by atoms with E-state index in [1.165, 1.54) is 0 Å². The maximum absolute atomic E-state index is 12.6. The fourth-order valence-electron chi connectivity index (χ4n) is 3.67. The molecule has 4 rings (SSSR count). The molecule has 1 aromatic rings. The lowest BCUT2D eigenvalue weighted by Crippen LogP contribution is -2.51. The number of urea groups is 1. The van der Waals surface area contributed by atoms with Crippen LogP contribution in [-0.4, -0.2) is 82.8 Å². The third-order valence-electron chi connectivity index (χ3n) is 5.38. The van der Waals surface area contributed by atoms with Gasteiger partial charge in [-0.25, -0.2) is 4.79 Å². The molecule has 8 heteroatoms. The molecular weight excluding hydrogens is 368 g/mol. The van der Waals surface area contributed by atoms with Gasteiger partial charge >= 0.3 is 6.03 Å². The largest absolute Gasteiger partial charge is 0.339 e. The summed E-state index contributed by atoms with van der Waals surface area (Å²) in [5, 5.41) is 0.724. The quantitative estimate of drug-likeness (QED) is 0.713. The zero-order chi connectivity index (χ0) is 19.0. The Bertz CT molecular complexity index is 759. The van der Waals surface area contributed by atoms with Crippen molar-refractivity contribution in [2.24, 2.45) is 0 Å². The number of rotatable bonds is 5. The van der Waals surface area contributed by atoms with E-state index in [2.05, 4.69) is 4.90 Å². The Labute approximate surface area is 163 Å². The van der Waals surface area contributed by atoms with Gasteiger partial charge in [0.2, 0.25) is 5.91 Å². The van der Waals surface area contributed by atoms with E-state index < -0.39 is 0 Å². The van der Waals surface area contributed by atoms with Gasteiger partial charge in [0.05, 0.1) is 0 Å². The number of imide groups is 1. The van der Waals surface area contributed by atoms with Gasteiger partial charge in [0.1, 0.15) is 13.1 Å². The van der Waals surface area contributed by atoms with Gasteiger partial charge in [-0.2, -0.15) is 0 Å². The van der Waals surface area contributed by atoms with E-state index in [4.69, 9.17) is 11.6 Å². The second-order valence-electron chi connectivity index (χ2n) is 7.41. The molecule has 0 radical (unpaired) electrons. The second-order valence-corrected chi connectivity index (χ2v) is 7.84. The molecule has 0 spiro atoms. The molecule has 2 saturated heterocycles. The summed E-state index contributed by atoms with van der Waals surface area (Å²) in [6.07, 6.45) is 1.91. The van der Waals surface area contributed by atoms with E-state index in [1.54, 1.807) is 9.80 Å². The monoisotopic (exact) mass is 390 g/mol. The zero-order valence-electron chi connectivity index (χ0n) is 15.1. The van der Waals surface area contributed by atoms with Crippen molar-refractivity contribution < 1.29 is 14.4 Å². The molecule has 144 valence electrons. The number of halogens is 1. The number of amides is 4. The fraction of sp³-hybridized carbons (Fsp3) is 0.526. The number of carbonyl (C=O) groups is 3. The Morgan fingerprint density at radius 3 is 2.52 bits per heavy atom. The van der Waals surface area contributed by atoms with E-state index in [-0.39, 0.29) is 37.0 Å². The van der Waals surface area contributed by atoms with Crippen LogP contribution in [0.4, 0.5) is 4.79 Å². The Kier molecular flexibility index (Phi) is 5.06. The summed E-state index contributed by atoms with van der Waals surface area (Å²) in [5.41, 5.74) is 1.15. The van der Waals surface area contributed by atoms with Crippen LogP contribution in [0.15, 0.2) is 24.3 Å². The predicted octanol–water partition coefficient (Wildman–Crippen LogP) is 1.41. The van der Waals surface area contributed by atoms with Crippen LogP contribution < -0.4 is 0 Å². The molecule has 0 unspecified atom stereocenters. The maximum atomic E-state index is 12.6. The number of hydrogen-bond donors (Lipinski definition) is 0. The molecule has 3 fully saturated rings. The van der Waals surface area contributed by atoms with Crippen LogP contribution >= 0.6 is 11.6 Å². The smallest absolute Gasteiger partial charge is 0.327 e. The molecule has 3 aliphatic rings. The summed E-state index contributed by atoms with van der Waals surface area (Å²) >= 11 is 6.03. The lowest BCUT2D eigenvalue weighted by Gasteiger charge is -2.35. The number of carbonyl (C=O) groups excluding carboxylic acids is 3. The highest BCUT2D eigenvalue weighted by molar-refractivity contribution is 6.30. The number of hydrogen-bond acceptors (Lipinski definition) is 4. The Morgan fingerprint density at radius 1 is 1.11 bits per heavy atom. The lowest BCUT2D eigenvalue weighted by molar-refractivity contribution is -0.137. The van der Waals surface area contributed by atoms with Gasteiger partial charge in [0, 0.05) is 43.8 Å². The van der Waals surface area contributed by atoms with E-state index in [0.717, 1.165) is 48.0 Å². The fourth-order valence-corrected chi connectivity index (χ4v) is 3.88. The standard InChI is InChI=1S/C19H23ClN4O3/c20-15-3-1-2-14(10-15)11-21-6-8-22(9-7-21)17(25)12-24-18(26)13-23(19(24)27)16-4-5-16/h1-3,10,16H,4-9,11-13H2. The highest BCUT2D eigenvalue weighted by Crippen LogP contribution is 2.30. The minimum absolute atomic E-state index is 0.115. The minimum Gasteiger partial charge on any atom is -0.339 e. The normalized spacial score (nSPS) is 21.3. The van der Waals surface area contributed by atoms with Gasteiger partial charge in [0.25, 0.3) is 5.91 Å². The van der Waals surface area contributed by atoms with Crippen LogP contribution in [0.25, 0.3) is 0 Å². The molecule has 2 aliphatic heterocycles. The number of benzene rings is 1. The Balaban J connectivity index is 1.27. The van der Waals surface area contributed by atoms with Crippen LogP contribution in [0.5, 0.6) is 0 Å². The summed E-state index contributed by atoms with van der Waals surface area (Å²) in [7, 11) is 0. The van der Waals surface area contributed by atoms with Gasteiger partial charge in [-0.15, -0.1) is 0 Å². The van der Waals surface area contributed by atoms with E-state index >= 15 is 0 Å². The first-order chi connectivity index (χ1) is 13.0. The summed E-state index contributed by atoms with van der Waals surface area (Å²) in [4.78, 5) is 43.7. The summed E-state index contributed by atoms with van der Waals surface area (Å²) in [6, 6.07) is 7.67. The molecule has 0 N–H and O–H groups in total. The molecule has 4 amide bonds. The third kappa shape index (κ3) is 4.09. The van der Waals surface area contributed by atoms with Gasteiger partial charge in [-0.05, 0) is 30.5 Å². The van der Waals surface area contributed by atoms with E-state index in [9.17, 15) is 14.4 Å². The number of piperazine rings is 1. The maximum Gasteiger partial charge on any atom is 0.327 e. The van der Waals surface area contributed by atoms with Crippen molar-refractivity contribution in [1.82, 2.24) is 19.6 Å². The molecule has 7 nitrogen and oxygen atoms in total. The van der Waals surface area contributed by atoms with E-state index in [0.29, 0.717) is 13.1 Å². The first-order valence-electron chi connectivity index (χ1n) is 9.37. The molecule has 0 atom stereocenters. The zero-order valence-corrected chi connectivity index (χ0v) is 15.9. The van der Waals surface area contributed by atoms with Gasteiger partial charge < -0.3 is 9.80 Å². The predicted molar refractivity (Wildman–Crippen MR) is 100 cm³/mol. The summed E-state index contributed by atoms with van der Waals surface area (Å²) in [5.74, 6) is -0.420. The SMILES string of the molecule is O=C(CN1C(=O)CN(C2CC2)C1=O)N1CCN(Cc2cccc(Cl)c2)CC1. The lowest BCUT2D eigenvalue weighted by atomic mass is 10.2. The van der Waals surface area contributed by atoms with Crippen LogP contribution in [0, 0.1) is 0 Å². The first-order valence-corrected chi connectivity index (χ1v) is 9.74. The van der Waals surface area contributed by atoms with Crippen molar-refractivity contribution in [2.75, 3.05) is 39.3 Å². The topological polar surface area (TPSA) is 64.2 Å². The molecule has 0 aromatic heterocycles. The summed E-state index contributed by atoms with van der Waals surface area (Å²) < 4.78 is 0. The van der Waals surface area contributed by atoms with Crippen molar-refractivity contribution in [1.29, 1.82) is 0 Å². The average molecular weight is 391 g/mol. The average Bonchev–Trinajstić information content (AvgIpc) is 3.45. The molecule has 0 bridgehead atoms. The van der Waals surface area contributed by atoms with Gasteiger partial charge in [-0.3, -0.25) is 19.4 Å². The van der Waals surface area contributed by atoms with Crippen LogP contribution in [0.1, 0.15) is 18.4 Å². The highest BCUT2D eigenvalue weighted by Gasteiger charge is 2.44. The minimum atomic E-state index is -0.310. The second kappa shape index (κ2) is 7.48. The van der Waals surface area contributed by atoms with Crippen molar-refractivity contribution in [3.8, 4) is 0 Å². The summed E-state index contributed by atoms with van der Waals surface area (Å²) in [6.45, 7) is 3.48. The first kappa shape index (κ1) is 18.3. The van der Waals surface area contributed by atoms with E-state index in [1.807, 2.05) is 24.3 Å². The van der Waals surface area contributed by atoms with Crippen molar-refractivity contribution in [2.45, 2.75) is 25.4 Å². The molecule has 2 heterocycles. The number of nitrogens with zero attached hydrogens (tertiary/aromatic N) is 4. The van der Waals surface area contributed by atoms with Crippen LogP contribution in [0.3, 0.4) is 0 Å². The molecule has 1 saturated carbocycles. The van der Waals surface area contributed by atoms with Crippen molar-refractivity contribution >= 4 is 29.4 Å². The molecule has 1 aliphatic carbocycles. The third-order valence-corrected chi connectivity index (χ3v) is 5.62. The van der Waals surface area contributed by atoms with Crippen LogP contribution in [0.2, 0.25) is 5.02 Å². The molecular formula is C19H23ClN4O3. The van der Waals surface area contributed by atoms with Crippen molar-refractivity contribution in [3.05, 3.63) is 34.9 Å². The van der Waals surface area contributed by atoms with Crippen molar-refractivity contribution in [3.63, 3.8) is 0 Å². The van der Waals surface area contributed by atoms with Crippen LogP contribution in [-0.2, 0) is 16.1 Å². The highest BCUT2D eigenvalue weighted by atomic mass is 35.5. The van der Waals surface area contributed by atoms with Gasteiger partial charge in [0.15, 0.2) is 0 Å². The Hall–Kier alpha value is -2.12. The molecule has 27 heavy (non-hydrogen) atoms. The Morgan fingerprint density at radius 2 is 1.85 bits per heavy atom.